The highest BCUT2D eigenvalue weighted by molar-refractivity contribution is 7.88. The van der Waals surface area contributed by atoms with Crippen molar-refractivity contribution in [2.75, 3.05) is 25.9 Å². The summed E-state index contributed by atoms with van der Waals surface area (Å²) in [6, 6.07) is 10.1. The van der Waals surface area contributed by atoms with Gasteiger partial charge in [-0.2, -0.15) is 4.31 Å². The number of rotatable bonds is 3. The van der Waals surface area contributed by atoms with E-state index in [1.54, 1.807) is 4.31 Å². The summed E-state index contributed by atoms with van der Waals surface area (Å²) in [5.74, 6) is 0.402. The van der Waals surface area contributed by atoms with Crippen molar-refractivity contribution in [3.8, 4) is 0 Å². The van der Waals surface area contributed by atoms with Crippen molar-refractivity contribution >= 4 is 15.9 Å². The number of amides is 1. The van der Waals surface area contributed by atoms with Crippen molar-refractivity contribution in [2.45, 2.75) is 37.1 Å². The van der Waals surface area contributed by atoms with Crippen LogP contribution in [0.2, 0.25) is 0 Å². The molecule has 3 aliphatic rings. The standard InChI is InChI=1S/C18H24N2O3S/c1-24(22,23)20-12-10-18(15-5-3-2-4-6-15)9-11-19(13-16(18)20)17(21)14-7-8-14/h2-6,14,16H,7-13H2,1H3. The Morgan fingerprint density at radius 2 is 1.79 bits per heavy atom. The van der Waals surface area contributed by atoms with Crippen LogP contribution in [0.25, 0.3) is 0 Å². The number of likely N-dealkylation sites (tertiary alicyclic amines) is 1. The summed E-state index contributed by atoms with van der Waals surface area (Å²) < 4.78 is 26.2. The number of benzene rings is 1. The fourth-order valence-electron chi connectivity index (χ4n) is 4.54. The molecule has 1 aromatic rings. The van der Waals surface area contributed by atoms with Crippen LogP contribution in [0.1, 0.15) is 31.2 Å². The van der Waals surface area contributed by atoms with Crippen LogP contribution in [-0.4, -0.2) is 55.5 Å². The molecular formula is C18H24N2O3S. The Bertz CT molecular complexity index is 745. The molecule has 1 aliphatic carbocycles. The summed E-state index contributed by atoms with van der Waals surface area (Å²) >= 11 is 0. The van der Waals surface area contributed by atoms with E-state index in [9.17, 15) is 13.2 Å². The molecule has 1 saturated carbocycles. The molecule has 5 nitrogen and oxygen atoms in total. The predicted molar refractivity (Wildman–Crippen MR) is 92.0 cm³/mol. The Morgan fingerprint density at radius 1 is 1.12 bits per heavy atom. The van der Waals surface area contributed by atoms with E-state index in [2.05, 4.69) is 12.1 Å². The second-order valence-electron chi connectivity index (χ2n) is 7.47. The number of sulfonamides is 1. The molecule has 2 saturated heterocycles. The first-order chi connectivity index (χ1) is 11.4. The van der Waals surface area contributed by atoms with Crippen molar-refractivity contribution in [3.63, 3.8) is 0 Å². The molecule has 24 heavy (non-hydrogen) atoms. The first kappa shape index (κ1) is 16.1. The fourth-order valence-corrected chi connectivity index (χ4v) is 5.69. The highest BCUT2D eigenvalue weighted by atomic mass is 32.2. The maximum atomic E-state index is 12.5. The minimum Gasteiger partial charge on any atom is -0.341 e. The van der Waals surface area contributed by atoms with E-state index in [-0.39, 0.29) is 23.3 Å². The smallest absolute Gasteiger partial charge is 0.225 e. The van der Waals surface area contributed by atoms with Gasteiger partial charge < -0.3 is 4.90 Å². The highest BCUT2D eigenvalue weighted by Crippen LogP contribution is 2.47. The van der Waals surface area contributed by atoms with Crippen molar-refractivity contribution in [1.29, 1.82) is 0 Å². The van der Waals surface area contributed by atoms with Gasteiger partial charge in [0, 0.05) is 31.0 Å². The lowest BCUT2D eigenvalue weighted by molar-refractivity contribution is -0.135. The van der Waals surface area contributed by atoms with Crippen molar-refractivity contribution in [2.24, 2.45) is 5.92 Å². The lowest BCUT2D eigenvalue weighted by Crippen LogP contribution is -2.57. The summed E-state index contributed by atoms with van der Waals surface area (Å²) in [5, 5.41) is 0. The SMILES string of the molecule is CS(=O)(=O)N1CCC2(c3ccccc3)CCN(C(=O)C3CC3)CC12. The molecule has 0 aromatic heterocycles. The minimum absolute atomic E-state index is 0.147. The number of carbonyl (C=O) groups excluding carboxylic acids is 1. The topological polar surface area (TPSA) is 57.7 Å². The fraction of sp³-hybridized carbons (Fsp3) is 0.611. The van der Waals surface area contributed by atoms with Crippen LogP contribution in [0, 0.1) is 5.92 Å². The van der Waals surface area contributed by atoms with Crippen LogP contribution in [-0.2, 0) is 20.2 Å². The van der Waals surface area contributed by atoms with E-state index < -0.39 is 10.0 Å². The van der Waals surface area contributed by atoms with Gasteiger partial charge in [0.2, 0.25) is 15.9 Å². The molecule has 2 unspecified atom stereocenters. The highest BCUT2D eigenvalue weighted by Gasteiger charge is 2.54. The summed E-state index contributed by atoms with van der Waals surface area (Å²) in [5.41, 5.74) is 1.05. The Morgan fingerprint density at radius 3 is 2.42 bits per heavy atom. The van der Waals surface area contributed by atoms with E-state index in [1.807, 2.05) is 23.1 Å². The summed E-state index contributed by atoms with van der Waals surface area (Å²) in [4.78, 5) is 14.4. The average molecular weight is 348 g/mol. The summed E-state index contributed by atoms with van der Waals surface area (Å²) in [6.45, 7) is 1.81. The van der Waals surface area contributed by atoms with Crippen LogP contribution < -0.4 is 0 Å². The van der Waals surface area contributed by atoms with Gasteiger partial charge in [-0.15, -0.1) is 0 Å². The zero-order valence-corrected chi connectivity index (χ0v) is 14.8. The van der Waals surface area contributed by atoms with Gasteiger partial charge in [0.15, 0.2) is 0 Å². The molecule has 130 valence electrons. The van der Waals surface area contributed by atoms with Crippen LogP contribution in [0.5, 0.6) is 0 Å². The zero-order valence-electron chi connectivity index (χ0n) is 14.0. The van der Waals surface area contributed by atoms with Crippen LogP contribution >= 0.6 is 0 Å². The second-order valence-corrected chi connectivity index (χ2v) is 9.41. The molecule has 0 N–H and O–H groups in total. The molecule has 6 heteroatoms. The lowest BCUT2D eigenvalue weighted by Gasteiger charge is -2.46. The van der Waals surface area contributed by atoms with Crippen molar-refractivity contribution < 1.29 is 13.2 Å². The molecular weight excluding hydrogens is 324 g/mol. The lowest BCUT2D eigenvalue weighted by atomic mass is 9.69. The van der Waals surface area contributed by atoms with Gasteiger partial charge in [0.25, 0.3) is 0 Å². The van der Waals surface area contributed by atoms with Gasteiger partial charge in [-0.3, -0.25) is 4.79 Å². The van der Waals surface area contributed by atoms with E-state index in [0.29, 0.717) is 13.1 Å². The third-order valence-electron chi connectivity index (χ3n) is 6.00. The van der Waals surface area contributed by atoms with Crippen LogP contribution in [0.15, 0.2) is 30.3 Å². The summed E-state index contributed by atoms with van der Waals surface area (Å²) in [7, 11) is -3.28. The number of nitrogens with zero attached hydrogens (tertiary/aromatic N) is 2. The Balaban J connectivity index is 1.70. The number of hydrogen-bond acceptors (Lipinski definition) is 3. The quantitative estimate of drug-likeness (QED) is 0.834. The van der Waals surface area contributed by atoms with Crippen molar-refractivity contribution in [3.05, 3.63) is 35.9 Å². The van der Waals surface area contributed by atoms with Crippen molar-refractivity contribution in [1.82, 2.24) is 9.21 Å². The van der Waals surface area contributed by atoms with E-state index in [4.69, 9.17) is 0 Å². The molecule has 1 amide bonds. The zero-order chi connectivity index (χ0) is 16.9. The van der Waals surface area contributed by atoms with Gasteiger partial charge in [0.1, 0.15) is 0 Å². The maximum absolute atomic E-state index is 12.5. The number of carbonyl (C=O) groups is 1. The molecule has 2 heterocycles. The molecule has 2 aliphatic heterocycles. The van der Waals surface area contributed by atoms with E-state index in [1.165, 1.54) is 11.8 Å². The average Bonchev–Trinajstić information content (AvgIpc) is 3.33. The molecule has 0 bridgehead atoms. The second kappa shape index (κ2) is 5.56. The van der Waals surface area contributed by atoms with Gasteiger partial charge in [-0.25, -0.2) is 8.42 Å². The van der Waals surface area contributed by atoms with E-state index in [0.717, 1.165) is 32.2 Å². The molecule has 1 aromatic carbocycles. The van der Waals surface area contributed by atoms with Crippen LogP contribution in [0.3, 0.4) is 0 Å². The molecule has 0 radical (unpaired) electrons. The summed E-state index contributed by atoms with van der Waals surface area (Å²) in [6.07, 6.45) is 4.93. The largest absolute Gasteiger partial charge is 0.341 e. The Labute approximate surface area is 143 Å². The molecule has 0 spiro atoms. The minimum atomic E-state index is -3.28. The molecule has 3 fully saturated rings. The molecule has 4 rings (SSSR count). The molecule has 2 atom stereocenters. The monoisotopic (exact) mass is 348 g/mol. The predicted octanol–water partition coefficient (Wildman–Crippen LogP) is 1.60. The van der Waals surface area contributed by atoms with Gasteiger partial charge in [0.05, 0.1) is 12.3 Å². The van der Waals surface area contributed by atoms with Crippen LogP contribution in [0.4, 0.5) is 0 Å². The van der Waals surface area contributed by atoms with Gasteiger partial charge >= 0.3 is 0 Å². The Kier molecular flexibility index (Phi) is 3.73. The number of fused-ring (bicyclic) bond motifs is 1. The van der Waals surface area contributed by atoms with Gasteiger partial charge in [-0.05, 0) is 31.2 Å². The first-order valence-corrected chi connectivity index (χ1v) is 10.6. The Hall–Kier alpha value is -1.40. The maximum Gasteiger partial charge on any atom is 0.225 e. The number of hydrogen-bond donors (Lipinski definition) is 0. The third kappa shape index (κ3) is 2.56. The van der Waals surface area contributed by atoms with Gasteiger partial charge in [-0.1, -0.05) is 30.3 Å². The third-order valence-corrected chi connectivity index (χ3v) is 7.29. The van der Waals surface area contributed by atoms with E-state index >= 15 is 0 Å². The first-order valence-electron chi connectivity index (χ1n) is 8.73. The normalized spacial score (nSPS) is 31.0. The number of piperidine rings is 1.